The molecule has 5 aromatic rings. The molecule has 0 aliphatic heterocycles. The molecule has 46 heavy (non-hydrogen) atoms. The SMILES string of the molecule is O=C(COc1ccc(C(=O)CN(Cc2ccccc2)Cc2ccccc2)cc1OCC(=O)c1ccccc1)c1ccc(O)c(O)c1. The van der Waals surface area contributed by atoms with Gasteiger partial charge in [-0.3, -0.25) is 19.3 Å². The number of phenols is 2. The van der Waals surface area contributed by atoms with Crippen LogP contribution < -0.4 is 9.47 Å². The molecule has 0 heterocycles. The molecule has 0 saturated heterocycles. The first-order valence-corrected chi connectivity index (χ1v) is 14.7. The van der Waals surface area contributed by atoms with E-state index < -0.39 is 18.1 Å². The van der Waals surface area contributed by atoms with Crippen LogP contribution in [-0.4, -0.2) is 52.2 Å². The zero-order chi connectivity index (χ0) is 32.3. The summed E-state index contributed by atoms with van der Waals surface area (Å²) in [6, 6.07) is 36.9. The molecule has 0 aromatic heterocycles. The lowest BCUT2D eigenvalue weighted by Crippen LogP contribution is -2.29. The van der Waals surface area contributed by atoms with Crippen LogP contribution in [0.1, 0.15) is 42.2 Å². The summed E-state index contributed by atoms with van der Waals surface area (Å²) in [5.74, 6) is -1.36. The molecule has 0 aliphatic carbocycles. The van der Waals surface area contributed by atoms with E-state index >= 15 is 0 Å². The second kappa shape index (κ2) is 15.3. The topological polar surface area (TPSA) is 113 Å². The van der Waals surface area contributed by atoms with Crippen LogP contribution in [-0.2, 0) is 13.1 Å². The average Bonchev–Trinajstić information content (AvgIpc) is 3.08. The maximum atomic E-state index is 13.7. The standard InChI is InChI=1S/C38H33NO7/c40-32-18-16-30(20-33(32)41)36(44)26-45-37-19-17-31(21-38(37)46-25-35(43)29-14-8-3-9-15-29)34(42)24-39(22-27-10-4-1-5-11-27)23-28-12-6-2-7-13-28/h1-21,40-41H,22-26H2. The number of phenolic OH excluding ortho intramolecular Hbond substituents is 2. The summed E-state index contributed by atoms with van der Waals surface area (Å²) in [4.78, 5) is 41.3. The smallest absolute Gasteiger partial charge is 0.200 e. The Morgan fingerprint density at radius 3 is 1.59 bits per heavy atom. The van der Waals surface area contributed by atoms with Crippen molar-refractivity contribution in [3.8, 4) is 23.0 Å². The lowest BCUT2D eigenvalue weighted by atomic mass is 10.1. The molecule has 5 rings (SSSR count). The summed E-state index contributed by atoms with van der Waals surface area (Å²) >= 11 is 0. The van der Waals surface area contributed by atoms with Crippen LogP contribution in [0.4, 0.5) is 0 Å². The van der Waals surface area contributed by atoms with Crippen molar-refractivity contribution in [2.75, 3.05) is 19.8 Å². The summed E-state index contributed by atoms with van der Waals surface area (Å²) in [6.45, 7) is 0.517. The number of aromatic hydroxyl groups is 2. The van der Waals surface area contributed by atoms with Gasteiger partial charge in [0.15, 0.2) is 53.6 Å². The molecule has 0 amide bonds. The predicted octanol–water partition coefficient (Wildman–Crippen LogP) is 6.51. The van der Waals surface area contributed by atoms with Crippen LogP contribution in [0.3, 0.4) is 0 Å². The van der Waals surface area contributed by atoms with Gasteiger partial charge in [-0.15, -0.1) is 0 Å². The first-order valence-electron chi connectivity index (χ1n) is 14.7. The molecule has 0 unspecified atom stereocenters. The number of ether oxygens (including phenoxy) is 2. The Kier molecular flexibility index (Phi) is 10.6. The second-order valence-electron chi connectivity index (χ2n) is 10.7. The lowest BCUT2D eigenvalue weighted by molar-refractivity contribution is 0.0893. The number of hydrogen-bond acceptors (Lipinski definition) is 8. The molecule has 0 aliphatic rings. The van der Waals surface area contributed by atoms with Crippen molar-refractivity contribution in [3.05, 3.63) is 155 Å². The highest BCUT2D eigenvalue weighted by Crippen LogP contribution is 2.30. The normalized spacial score (nSPS) is 10.8. The fourth-order valence-corrected chi connectivity index (χ4v) is 4.83. The maximum Gasteiger partial charge on any atom is 0.200 e. The fourth-order valence-electron chi connectivity index (χ4n) is 4.83. The molecule has 0 saturated carbocycles. The van der Waals surface area contributed by atoms with Gasteiger partial charge in [-0.25, -0.2) is 0 Å². The van der Waals surface area contributed by atoms with Gasteiger partial charge in [0.05, 0.1) is 6.54 Å². The Bertz CT molecular complexity index is 1750. The Morgan fingerprint density at radius 2 is 1.00 bits per heavy atom. The Balaban J connectivity index is 1.35. The number of nitrogens with zero attached hydrogens (tertiary/aromatic N) is 1. The van der Waals surface area contributed by atoms with Crippen LogP contribution in [0.15, 0.2) is 127 Å². The molecule has 8 heteroatoms. The third kappa shape index (κ3) is 8.68. The first kappa shape index (κ1) is 31.7. The van der Waals surface area contributed by atoms with Crippen molar-refractivity contribution in [1.29, 1.82) is 0 Å². The highest BCUT2D eigenvalue weighted by atomic mass is 16.5. The third-order valence-electron chi connectivity index (χ3n) is 7.24. The van der Waals surface area contributed by atoms with Crippen LogP contribution in [0, 0.1) is 0 Å². The molecule has 0 fully saturated rings. The van der Waals surface area contributed by atoms with E-state index in [1.54, 1.807) is 30.3 Å². The van der Waals surface area contributed by atoms with Gasteiger partial charge in [-0.05, 0) is 47.5 Å². The number of benzene rings is 5. The number of hydrogen-bond donors (Lipinski definition) is 2. The van der Waals surface area contributed by atoms with E-state index in [0.29, 0.717) is 24.2 Å². The number of rotatable bonds is 15. The van der Waals surface area contributed by atoms with Crippen molar-refractivity contribution < 1.29 is 34.1 Å². The molecular weight excluding hydrogens is 582 g/mol. The lowest BCUT2D eigenvalue weighted by Gasteiger charge is -2.22. The van der Waals surface area contributed by atoms with Crippen molar-refractivity contribution in [2.24, 2.45) is 0 Å². The minimum Gasteiger partial charge on any atom is -0.504 e. The first-order chi connectivity index (χ1) is 22.4. The van der Waals surface area contributed by atoms with Crippen molar-refractivity contribution >= 4 is 17.3 Å². The van der Waals surface area contributed by atoms with Gasteiger partial charge in [0.2, 0.25) is 0 Å². The molecule has 2 N–H and O–H groups in total. The van der Waals surface area contributed by atoms with E-state index in [4.69, 9.17) is 9.47 Å². The average molecular weight is 616 g/mol. The van der Waals surface area contributed by atoms with Gasteiger partial charge in [0, 0.05) is 29.8 Å². The van der Waals surface area contributed by atoms with E-state index in [1.807, 2.05) is 66.7 Å². The number of ketones is 3. The highest BCUT2D eigenvalue weighted by Gasteiger charge is 2.19. The van der Waals surface area contributed by atoms with Crippen molar-refractivity contribution in [1.82, 2.24) is 4.90 Å². The maximum absolute atomic E-state index is 13.7. The highest BCUT2D eigenvalue weighted by molar-refractivity contribution is 5.99. The van der Waals surface area contributed by atoms with Crippen LogP contribution >= 0.6 is 0 Å². The summed E-state index contributed by atoms with van der Waals surface area (Å²) < 4.78 is 11.7. The van der Waals surface area contributed by atoms with Crippen molar-refractivity contribution in [2.45, 2.75) is 13.1 Å². The second-order valence-corrected chi connectivity index (χ2v) is 10.7. The van der Waals surface area contributed by atoms with Gasteiger partial charge in [0.1, 0.15) is 0 Å². The van der Waals surface area contributed by atoms with Gasteiger partial charge in [-0.1, -0.05) is 91.0 Å². The third-order valence-corrected chi connectivity index (χ3v) is 7.24. The molecule has 0 spiro atoms. The van der Waals surface area contributed by atoms with Crippen LogP contribution in [0.25, 0.3) is 0 Å². The number of Topliss-reactive ketones (excluding diaryl/α,β-unsaturated/α-hetero) is 3. The zero-order valence-corrected chi connectivity index (χ0v) is 25.0. The van der Waals surface area contributed by atoms with Crippen LogP contribution in [0.2, 0.25) is 0 Å². The molecule has 0 radical (unpaired) electrons. The quantitative estimate of drug-likeness (QED) is 0.101. The Labute approximate surface area is 267 Å². The zero-order valence-electron chi connectivity index (χ0n) is 25.0. The predicted molar refractivity (Wildman–Crippen MR) is 174 cm³/mol. The van der Waals surface area contributed by atoms with E-state index in [9.17, 15) is 24.6 Å². The van der Waals surface area contributed by atoms with E-state index in [-0.39, 0.29) is 47.5 Å². The Hall–Kier alpha value is -5.73. The molecule has 0 atom stereocenters. The van der Waals surface area contributed by atoms with Gasteiger partial charge >= 0.3 is 0 Å². The molecular formula is C38H33NO7. The minimum absolute atomic E-state index is 0.120. The minimum atomic E-state index is -0.459. The molecule has 8 nitrogen and oxygen atoms in total. The monoisotopic (exact) mass is 615 g/mol. The fraction of sp³-hybridized carbons (Fsp3) is 0.132. The van der Waals surface area contributed by atoms with E-state index in [2.05, 4.69) is 4.90 Å². The van der Waals surface area contributed by atoms with E-state index in [0.717, 1.165) is 17.2 Å². The Morgan fingerprint density at radius 1 is 0.500 bits per heavy atom. The number of carbonyl (C=O) groups excluding carboxylic acids is 3. The van der Waals surface area contributed by atoms with Crippen molar-refractivity contribution in [3.63, 3.8) is 0 Å². The molecule has 0 bridgehead atoms. The summed E-state index contributed by atoms with van der Waals surface area (Å²) in [7, 11) is 0. The summed E-state index contributed by atoms with van der Waals surface area (Å²) in [6.07, 6.45) is 0. The summed E-state index contributed by atoms with van der Waals surface area (Å²) in [5.41, 5.74) is 3.11. The van der Waals surface area contributed by atoms with Gasteiger partial charge < -0.3 is 19.7 Å². The van der Waals surface area contributed by atoms with Gasteiger partial charge in [0.25, 0.3) is 0 Å². The molecule has 232 valence electrons. The van der Waals surface area contributed by atoms with Crippen LogP contribution in [0.5, 0.6) is 23.0 Å². The van der Waals surface area contributed by atoms with Gasteiger partial charge in [-0.2, -0.15) is 0 Å². The van der Waals surface area contributed by atoms with E-state index in [1.165, 1.54) is 24.3 Å². The largest absolute Gasteiger partial charge is 0.504 e. The summed E-state index contributed by atoms with van der Waals surface area (Å²) in [5, 5.41) is 19.3. The number of carbonyl (C=O) groups is 3. The molecule has 5 aromatic carbocycles.